The second-order valence-electron chi connectivity index (χ2n) is 3.44. The Morgan fingerprint density at radius 1 is 1.47 bits per heavy atom. The zero-order valence-electron chi connectivity index (χ0n) is 9.05. The SMILES string of the molecule is C[C@@H](C(=O)Nc1cnccn1)c1ccc(Cl)s1. The highest BCUT2D eigenvalue weighted by atomic mass is 35.5. The van der Waals surface area contributed by atoms with E-state index in [2.05, 4.69) is 15.3 Å². The Bertz CT molecular complexity index is 514. The van der Waals surface area contributed by atoms with Gasteiger partial charge in [-0.1, -0.05) is 11.6 Å². The van der Waals surface area contributed by atoms with Gasteiger partial charge in [-0.2, -0.15) is 0 Å². The number of carbonyl (C=O) groups excluding carboxylic acids is 1. The smallest absolute Gasteiger partial charge is 0.233 e. The molecule has 1 amide bonds. The number of thiophene rings is 1. The first-order chi connectivity index (χ1) is 8.16. The van der Waals surface area contributed by atoms with Gasteiger partial charge < -0.3 is 5.32 Å². The Labute approximate surface area is 108 Å². The van der Waals surface area contributed by atoms with Crippen LogP contribution in [0, 0.1) is 0 Å². The number of hydrogen-bond acceptors (Lipinski definition) is 4. The molecule has 0 spiro atoms. The maximum absolute atomic E-state index is 11.9. The van der Waals surface area contributed by atoms with Crippen LogP contribution in [-0.4, -0.2) is 15.9 Å². The lowest BCUT2D eigenvalue weighted by atomic mass is 10.1. The van der Waals surface area contributed by atoms with E-state index < -0.39 is 0 Å². The fourth-order valence-corrected chi connectivity index (χ4v) is 2.40. The Morgan fingerprint density at radius 2 is 2.29 bits per heavy atom. The minimum atomic E-state index is -0.255. The molecule has 0 saturated heterocycles. The summed E-state index contributed by atoms with van der Waals surface area (Å²) in [7, 11) is 0. The summed E-state index contributed by atoms with van der Waals surface area (Å²) in [4.78, 5) is 20.7. The van der Waals surface area contributed by atoms with Gasteiger partial charge in [-0.05, 0) is 19.1 Å². The third kappa shape index (κ3) is 3.01. The molecule has 88 valence electrons. The van der Waals surface area contributed by atoms with E-state index in [-0.39, 0.29) is 11.8 Å². The van der Waals surface area contributed by atoms with Crippen LogP contribution in [0.15, 0.2) is 30.7 Å². The molecule has 0 aliphatic heterocycles. The molecule has 2 heterocycles. The Hall–Kier alpha value is -1.46. The van der Waals surface area contributed by atoms with E-state index in [0.717, 1.165) is 4.88 Å². The summed E-state index contributed by atoms with van der Waals surface area (Å²) >= 11 is 7.24. The first-order valence-corrected chi connectivity index (χ1v) is 6.18. The maximum Gasteiger partial charge on any atom is 0.233 e. The number of halogens is 1. The Balaban J connectivity index is 2.06. The molecular weight excluding hydrogens is 258 g/mol. The van der Waals surface area contributed by atoms with E-state index in [1.807, 2.05) is 13.0 Å². The molecule has 17 heavy (non-hydrogen) atoms. The van der Waals surface area contributed by atoms with Gasteiger partial charge in [0.15, 0.2) is 5.82 Å². The first kappa shape index (κ1) is 12.0. The minimum Gasteiger partial charge on any atom is -0.309 e. The topological polar surface area (TPSA) is 54.9 Å². The summed E-state index contributed by atoms with van der Waals surface area (Å²) < 4.78 is 0.680. The summed E-state index contributed by atoms with van der Waals surface area (Å²) in [6, 6.07) is 3.64. The highest BCUT2D eigenvalue weighted by molar-refractivity contribution is 7.16. The number of carbonyl (C=O) groups is 1. The Morgan fingerprint density at radius 3 is 2.88 bits per heavy atom. The lowest BCUT2D eigenvalue weighted by molar-refractivity contribution is -0.117. The fraction of sp³-hybridized carbons (Fsp3) is 0.182. The number of aromatic nitrogens is 2. The maximum atomic E-state index is 11.9. The first-order valence-electron chi connectivity index (χ1n) is 4.99. The molecule has 0 fully saturated rings. The van der Waals surface area contributed by atoms with Crippen molar-refractivity contribution in [3.8, 4) is 0 Å². The average molecular weight is 268 g/mol. The van der Waals surface area contributed by atoms with Gasteiger partial charge in [0.1, 0.15) is 0 Å². The van der Waals surface area contributed by atoms with Crippen LogP contribution in [-0.2, 0) is 4.79 Å². The number of anilines is 1. The van der Waals surface area contributed by atoms with Crippen molar-refractivity contribution in [2.75, 3.05) is 5.32 Å². The number of nitrogens with one attached hydrogen (secondary N) is 1. The van der Waals surface area contributed by atoms with E-state index in [9.17, 15) is 4.79 Å². The van der Waals surface area contributed by atoms with E-state index >= 15 is 0 Å². The van der Waals surface area contributed by atoms with Gasteiger partial charge in [0.25, 0.3) is 0 Å². The molecule has 4 nitrogen and oxygen atoms in total. The fourth-order valence-electron chi connectivity index (χ4n) is 1.29. The standard InChI is InChI=1S/C11H10ClN3OS/c1-7(8-2-3-9(12)17-8)11(16)15-10-6-13-4-5-14-10/h2-7H,1H3,(H,14,15,16)/t7-/m1/s1. The third-order valence-electron chi connectivity index (χ3n) is 2.23. The number of amides is 1. The summed E-state index contributed by atoms with van der Waals surface area (Å²) in [6.45, 7) is 1.83. The quantitative estimate of drug-likeness (QED) is 0.930. The largest absolute Gasteiger partial charge is 0.309 e. The van der Waals surface area contributed by atoms with Crippen molar-refractivity contribution < 1.29 is 4.79 Å². The molecule has 0 aliphatic carbocycles. The summed E-state index contributed by atoms with van der Waals surface area (Å²) in [6.07, 6.45) is 4.59. The van der Waals surface area contributed by atoms with Crippen LogP contribution in [0.1, 0.15) is 17.7 Å². The van der Waals surface area contributed by atoms with Gasteiger partial charge in [-0.15, -0.1) is 11.3 Å². The van der Waals surface area contributed by atoms with Crippen LogP contribution < -0.4 is 5.32 Å². The van der Waals surface area contributed by atoms with E-state index in [1.165, 1.54) is 23.7 Å². The number of hydrogen-bond donors (Lipinski definition) is 1. The monoisotopic (exact) mass is 267 g/mol. The normalized spacial score (nSPS) is 12.1. The molecule has 0 radical (unpaired) electrons. The zero-order valence-corrected chi connectivity index (χ0v) is 10.6. The van der Waals surface area contributed by atoms with Gasteiger partial charge in [-0.25, -0.2) is 4.98 Å². The molecule has 0 saturated carbocycles. The number of rotatable bonds is 3. The molecule has 0 aliphatic rings. The van der Waals surface area contributed by atoms with Crippen molar-refractivity contribution in [3.05, 3.63) is 39.9 Å². The van der Waals surface area contributed by atoms with Gasteiger partial charge in [0.05, 0.1) is 16.5 Å². The molecule has 1 atom stereocenters. The molecule has 0 aromatic carbocycles. The summed E-state index contributed by atoms with van der Waals surface area (Å²) in [5, 5.41) is 2.70. The molecule has 2 aromatic heterocycles. The van der Waals surface area contributed by atoms with Crippen molar-refractivity contribution in [3.63, 3.8) is 0 Å². The molecule has 2 rings (SSSR count). The van der Waals surface area contributed by atoms with Crippen LogP contribution in [0.3, 0.4) is 0 Å². The second kappa shape index (κ2) is 5.25. The van der Waals surface area contributed by atoms with Gasteiger partial charge in [0, 0.05) is 17.3 Å². The predicted molar refractivity (Wildman–Crippen MR) is 68.4 cm³/mol. The number of nitrogens with zero attached hydrogens (tertiary/aromatic N) is 2. The molecular formula is C11H10ClN3OS. The average Bonchev–Trinajstić information content (AvgIpc) is 2.76. The van der Waals surface area contributed by atoms with Crippen molar-refractivity contribution in [1.29, 1.82) is 0 Å². The second-order valence-corrected chi connectivity index (χ2v) is 5.19. The van der Waals surface area contributed by atoms with Crippen LogP contribution in [0.25, 0.3) is 0 Å². The van der Waals surface area contributed by atoms with Crippen molar-refractivity contribution in [1.82, 2.24) is 9.97 Å². The molecule has 2 aromatic rings. The van der Waals surface area contributed by atoms with Crippen LogP contribution in [0.5, 0.6) is 0 Å². The van der Waals surface area contributed by atoms with Crippen LogP contribution in [0.4, 0.5) is 5.82 Å². The summed E-state index contributed by atoms with van der Waals surface area (Å²) in [5.74, 6) is 0.0746. The lowest BCUT2D eigenvalue weighted by Crippen LogP contribution is -2.18. The van der Waals surface area contributed by atoms with Gasteiger partial charge >= 0.3 is 0 Å². The van der Waals surface area contributed by atoms with E-state index in [0.29, 0.717) is 10.2 Å². The van der Waals surface area contributed by atoms with E-state index in [4.69, 9.17) is 11.6 Å². The third-order valence-corrected chi connectivity index (χ3v) is 3.64. The van der Waals surface area contributed by atoms with Crippen molar-refractivity contribution in [2.45, 2.75) is 12.8 Å². The zero-order chi connectivity index (χ0) is 12.3. The molecule has 6 heteroatoms. The highest BCUT2D eigenvalue weighted by Gasteiger charge is 2.17. The minimum absolute atomic E-state index is 0.121. The van der Waals surface area contributed by atoms with Gasteiger partial charge in [-0.3, -0.25) is 9.78 Å². The van der Waals surface area contributed by atoms with Gasteiger partial charge in [0.2, 0.25) is 5.91 Å². The molecule has 0 bridgehead atoms. The van der Waals surface area contributed by atoms with Crippen molar-refractivity contribution >= 4 is 34.7 Å². The van der Waals surface area contributed by atoms with Crippen LogP contribution >= 0.6 is 22.9 Å². The van der Waals surface area contributed by atoms with Crippen LogP contribution in [0.2, 0.25) is 4.34 Å². The highest BCUT2D eigenvalue weighted by Crippen LogP contribution is 2.28. The Kier molecular flexibility index (Phi) is 3.71. The lowest BCUT2D eigenvalue weighted by Gasteiger charge is -2.09. The summed E-state index contributed by atoms with van der Waals surface area (Å²) in [5.41, 5.74) is 0. The molecule has 0 unspecified atom stereocenters. The molecule has 1 N–H and O–H groups in total. The van der Waals surface area contributed by atoms with E-state index in [1.54, 1.807) is 12.3 Å². The predicted octanol–water partition coefficient (Wildman–Crippen LogP) is 2.93. The van der Waals surface area contributed by atoms with Crippen molar-refractivity contribution in [2.24, 2.45) is 0 Å².